The summed E-state index contributed by atoms with van der Waals surface area (Å²) in [7, 11) is -2.03. The van der Waals surface area contributed by atoms with Crippen molar-refractivity contribution in [3.8, 4) is 0 Å². The number of hydrogen-bond acceptors (Lipinski definition) is 4. The second kappa shape index (κ2) is 7.47. The maximum atomic E-state index is 11.8. The number of β-amino-alcohol motifs (C(OH)–C–C–N with tert-alkyl or cyclic N) is 1. The normalized spacial score (nSPS) is 27.4. The number of aliphatic hydroxyl groups is 1. The molecule has 1 heterocycles. The minimum absolute atomic E-state index is 0.00614. The van der Waals surface area contributed by atoms with Crippen molar-refractivity contribution in [1.29, 1.82) is 0 Å². The molecule has 1 rings (SSSR count). The van der Waals surface area contributed by atoms with Gasteiger partial charge in [-0.15, -0.1) is 6.58 Å². The van der Waals surface area contributed by atoms with E-state index in [0.29, 0.717) is 0 Å². The van der Waals surface area contributed by atoms with Crippen LogP contribution in [0.1, 0.15) is 33.6 Å². The minimum atomic E-state index is -2.03. The number of allylic oxidation sites excluding steroid dienone is 1. The van der Waals surface area contributed by atoms with E-state index >= 15 is 0 Å². The molecule has 0 aromatic rings. The summed E-state index contributed by atoms with van der Waals surface area (Å²) in [5, 5.41) is 29.5. The van der Waals surface area contributed by atoms with Gasteiger partial charge in [0, 0.05) is 12.0 Å². The first-order valence-electron chi connectivity index (χ1n) is 8.45. The summed E-state index contributed by atoms with van der Waals surface area (Å²) in [5.41, 5.74) is -1.13. The van der Waals surface area contributed by atoms with Crippen molar-refractivity contribution in [3.63, 3.8) is 0 Å². The Morgan fingerprint density at radius 2 is 1.92 bits per heavy atom. The largest absolute Gasteiger partial charge is 0.480 e. The van der Waals surface area contributed by atoms with Crippen LogP contribution in [0, 0.1) is 5.41 Å². The summed E-state index contributed by atoms with van der Waals surface area (Å²) in [6.07, 6.45) is -0.423. The number of carboxylic acids is 1. The second-order valence-corrected chi connectivity index (χ2v) is 13.1. The van der Waals surface area contributed by atoms with Crippen LogP contribution in [0.3, 0.4) is 0 Å². The zero-order chi connectivity index (χ0) is 19.6. The average molecular weight is 374 g/mol. The number of aliphatic carboxylic acids is 1. The Hall–Kier alpha value is -1.38. The molecular formula is C17H31NO6Si. The third-order valence-corrected chi connectivity index (χ3v) is 10.3. The molecule has 0 spiro atoms. The van der Waals surface area contributed by atoms with Crippen LogP contribution in [0.25, 0.3) is 0 Å². The lowest BCUT2D eigenvalue weighted by Crippen LogP contribution is -2.50. The van der Waals surface area contributed by atoms with E-state index in [-0.39, 0.29) is 31.0 Å². The van der Waals surface area contributed by atoms with Gasteiger partial charge in [0.1, 0.15) is 6.04 Å². The van der Waals surface area contributed by atoms with Crippen molar-refractivity contribution in [2.75, 3.05) is 13.2 Å². The molecule has 0 aromatic heterocycles. The molecule has 1 amide bonds. The van der Waals surface area contributed by atoms with Crippen LogP contribution < -0.4 is 0 Å². The van der Waals surface area contributed by atoms with Gasteiger partial charge in [-0.25, -0.2) is 9.59 Å². The molecule has 1 aliphatic rings. The lowest BCUT2D eigenvalue weighted by Gasteiger charge is -2.39. The minimum Gasteiger partial charge on any atom is -0.480 e. The molecule has 0 aliphatic carbocycles. The van der Waals surface area contributed by atoms with Gasteiger partial charge in [-0.3, -0.25) is 4.90 Å². The van der Waals surface area contributed by atoms with E-state index in [1.165, 1.54) is 6.08 Å². The molecular weight excluding hydrogens is 342 g/mol. The molecule has 3 atom stereocenters. The zero-order valence-corrected chi connectivity index (χ0v) is 16.8. The SMILES string of the molecule is C=CCC1(CCO[Si](C)(C)C(C)(C)C)C(O)CN(C(=O)O)[C@@H]1C(=O)O. The molecule has 7 nitrogen and oxygen atoms in total. The fourth-order valence-electron chi connectivity index (χ4n) is 3.17. The zero-order valence-electron chi connectivity index (χ0n) is 15.8. The van der Waals surface area contributed by atoms with E-state index in [2.05, 4.69) is 40.4 Å². The molecule has 1 saturated heterocycles. The molecule has 2 unspecified atom stereocenters. The Balaban J connectivity index is 3.08. The van der Waals surface area contributed by atoms with Gasteiger partial charge in [-0.1, -0.05) is 26.8 Å². The number of hydrogen-bond donors (Lipinski definition) is 3. The maximum absolute atomic E-state index is 11.8. The molecule has 8 heteroatoms. The van der Waals surface area contributed by atoms with Crippen LogP contribution in [-0.2, 0) is 9.22 Å². The quantitative estimate of drug-likeness (QED) is 0.468. The summed E-state index contributed by atoms with van der Waals surface area (Å²) in [4.78, 5) is 24.0. The number of amides is 1. The van der Waals surface area contributed by atoms with Crippen LogP contribution >= 0.6 is 0 Å². The molecule has 0 aromatic carbocycles. The van der Waals surface area contributed by atoms with E-state index in [9.17, 15) is 24.9 Å². The molecule has 0 saturated carbocycles. The van der Waals surface area contributed by atoms with Crippen LogP contribution in [0.5, 0.6) is 0 Å². The first-order chi connectivity index (χ1) is 11.3. The van der Waals surface area contributed by atoms with Gasteiger partial charge < -0.3 is 19.7 Å². The summed E-state index contributed by atoms with van der Waals surface area (Å²) in [6.45, 7) is 14.2. The Labute approximate surface area is 150 Å². The van der Waals surface area contributed by atoms with Gasteiger partial charge >= 0.3 is 12.1 Å². The average Bonchev–Trinajstić information content (AvgIpc) is 2.71. The first kappa shape index (κ1) is 21.7. The van der Waals surface area contributed by atoms with Crippen LogP contribution in [0.4, 0.5) is 4.79 Å². The van der Waals surface area contributed by atoms with E-state index in [4.69, 9.17) is 4.43 Å². The van der Waals surface area contributed by atoms with Gasteiger partial charge in [-0.05, 0) is 31.0 Å². The van der Waals surface area contributed by atoms with Gasteiger partial charge in [-0.2, -0.15) is 0 Å². The summed E-state index contributed by atoms with van der Waals surface area (Å²) in [5.74, 6) is -1.26. The molecule has 0 radical (unpaired) electrons. The summed E-state index contributed by atoms with van der Waals surface area (Å²) in [6, 6.07) is -1.32. The Morgan fingerprint density at radius 1 is 1.36 bits per heavy atom. The smallest absolute Gasteiger partial charge is 0.408 e. The molecule has 0 bridgehead atoms. The first-order valence-corrected chi connectivity index (χ1v) is 11.4. The maximum Gasteiger partial charge on any atom is 0.408 e. The highest BCUT2D eigenvalue weighted by Gasteiger charge is 2.58. The van der Waals surface area contributed by atoms with Gasteiger partial charge in [0.2, 0.25) is 0 Å². The van der Waals surface area contributed by atoms with Crippen LogP contribution in [0.15, 0.2) is 12.7 Å². The van der Waals surface area contributed by atoms with Crippen molar-refractivity contribution >= 4 is 20.4 Å². The van der Waals surface area contributed by atoms with Crippen molar-refractivity contribution in [3.05, 3.63) is 12.7 Å². The predicted octanol–water partition coefficient (Wildman–Crippen LogP) is 2.77. The van der Waals surface area contributed by atoms with E-state index in [1.807, 2.05) is 0 Å². The van der Waals surface area contributed by atoms with Crippen molar-refractivity contribution in [2.24, 2.45) is 5.41 Å². The summed E-state index contributed by atoms with van der Waals surface area (Å²) < 4.78 is 6.13. The lowest BCUT2D eigenvalue weighted by molar-refractivity contribution is -0.146. The fraction of sp³-hybridized carbons (Fsp3) is 0.765. The highest BCUT2D eigenvalue weighted by Crippen LogP contribution is 2.45. The number of nitrogens with zero attached hydrogens (tertiary/aromatic N) is 1. The third-order valence-electron chi connectivity index (χ3n) is 5.73. The highest BCUT2D eigenvalue weighted by atomic mass is 28.4. The van der Waals surface area contributed by atoms with Crippen LogP contribution in [0.2, 0.25) is 18.1 Å². The van der Waals surface area contributed by atoms with E-state index < -0.39 is 37.9 Å². The molecule has 144 valence electrons. The second-order valence-electron chi connectivity index (χ2n) is 8.28. The van der Waals surface area contributed by atoms with Crippen molar-refractivity contribution in [2.45, 2.75) is 63.9 Å². The topological polar surface area (TPSA) is 107 Å². The predicted molar refractivity (Wildman–Crippen MR) is 97.2 cm³/mol. The number of likely N-dealkylation sites (tertiary alicyclic amines) is 1. The Morgan fingerprint density at radius 3 is 2.32 bits per heavy atom. The monoisotopic (exact) mass is 373 g/mol. The molecule has 25 heavy (non-hydrogen) atoms. The van der Waals surface area contributed by atoms with E-state index in [0.717, 1.165) is 4.90 Å². The van der Waals surface area contributed by atoms with E-state index in [1.54, 1.807) is 0 Å². The third kappa shape index (κ3) is 4.24. The van der Waals surface area contributed by atoms with Gasteiger partial charge in [0.05, 0.1) is 12.6 Å². The lowest BCUT2D eigenvalue weighted by atomic mass is 9.73. The number of aliphatic hydroxyl groups excluding tert-OH is 1. The number of carboxylic acid groups (broad SMARTS) is 2. The fourth-order valence-corrected chi connectivity index (χ4v) is 4.21. The van der Waals surface area contributed by atoms with Gasteiger partial charge in [0.15, 0.2) is 8.32 Å². The number of carbonyl (C=O) groups is 2. The highest BCUT2D eigenvalue weighted by molar-refractivity contribution is 6.74. The summed E-state index contributed by atoms with van der Waals surface area (Å²) >= 11 is 0. The van der Waals surface area contributed by atoms with Crippen LogP contribution in [-0.4, -0.2) is 65.9 Å². The Bertz CT molecular complexity index is 530. The van der Waals surface area contributed by atoms with Gasteiger partial charge in [0.25, 0.3) is 0 Å². The molecule has 1 fully saturated rings. The van der Waals surface area contributed by atoms with Crippen molar-refractivity contribution < 1.29 is 29.3 Å². The number of rotatable bonds is 7. The molecule has 1 aliphatic heterocycles. The Kier molecular flexibility index (Phi) is 6.47. The van der Waals surface area contributed by atoms with Crippen molar-refractivity contribution in [1.82, 2.24) is 4.90 Å². The molecule has 3 N–H and O–H groups in total. The standard InChI is InChI=1S/C17H31NO6Si/c1-7-8-17(9-10-24-25(5,6)16(2,3)4)12(19)11-18(15(22)23)13(17)14(20)21/h7,12-13,19H,1,8-11H2,2-6H3,(H,20,21)(H,22,23)/t12?,13-,17?/m1/s1.